The van der Waals surface area contributed by atoms with Crippen LogP contribution in [-0.2, 0) is 35.4 Å². The predicted molar refractivity (Wildman–Crippen MR) is 223 cm³/mol. The lowest BCUT2D eigenvalue weighted by Crippen LogP contribution is -2.43. The van der Waals surface area contributed by atoms with Crippen molar-refractivity contribution in [2.24, 2.45) is 0 Å². The fraction of sp³-hybridized carbons (Fsp3) is 0.362. The zero-order chi connectivity index (χ0) is 38.6. The molecule has 0 radical (unpaired) electrons. The number of carbonyl (C=O) groups is 2. The lowest BCUT2D eigenvalue weighted by Gasteiger charge is -2.34. The maximum Gasteiger partial charge on any atom is 0.245 e. The first kappa shape index (κ1) is 37.4. The number of aromatic nitrogens is 4. The molecule has 2 amide bonds. The summed E-state index contributed by atoms with van der Waals surface area (Å²) in [6.07, 6.45) is 6.06. The number of likely N-dealkylation sites (N-methyl/N-ethyl adjacent to an activating group) is 1. The standard InChI is InChI=1S/C47H53N7O2/c1-4-26-53(43(55)28-32-15-9-7-10-16-32)31-42-48-38-25-23-35(30-40(38)49-42)34-22-24-37-36(29-34)19-13-20-39-44(37)51-46(50-39)41-21-14-27-54(41)47(56)45(52(5-2)6-3)33-17-11-8-12-18-33/h7-12,15-18,22-25,29-30,41,45H,4-6,13-14,19-21,26-28,31H2,1-3H3,(H,48,49)(H,50,51)/t41-,45+/m0/s1. The van der Waals surface area contributed by atoms with Crippen molar-refractivity contribution in [3.05, 3.63) is 131 Å². The van der Waals surface area contributed by atoms with Crippen LogP contribution in [0.1, 0.15) is 92.6 Å². The van der Waals surface area contributed by atoms with Crippen LogP contribution in [0.15, 0.2) is 97.1 Å². The number of amides is 2. The number of rotatable bonds is 13. The molecular weight excluding hydrogens is 695 g/mol. The number of benzene rings is 4. The molecular formula is C47H53N7O2. The topological polar surface area (TPSA) is 101 Å². The minimum atomic E-state index is -0.309. The monoisotopic (exact) mass is 747 g/mol. The van der Waals surface area contributed by atoms with Gasteiger partial charge in [0.05, 0.1) is 35.7 Å². The molecule has 0 unspecified atom stereocenters. The number of nitrogens with one attached hydrogen (secondary N) is 2. The van der Waals surface area contributed by atoms with Gasteiger partial charge in [0.25, 0.3) is 0 Å². The van der Waals surface area contributed by atoms with Crippen molar-refractivity contribution in [2.45, 2.75) is 84.3 Å². The summed E-state index contributed by atoms with van der Waals surface area (Å²) >= 11 is 0. The summed E-state index contributed by atoms with van der Waals surface area (Å²) in [6.45, 7) is 9.85. The van der Waals surface area contributed by atoms with Crippen LogP contribution in [0.3, 0.4) is 0 Å². The van der Waals surface area contributed by atoms with Crippen molar-refractivity contribution in [2.75, 3.05) is 26.2 Å². The fourth-order valence-electron chi connectivity index (χ4n) is 8.81. The molecule has 6 aromatic rings. The predicted octanol–water partition coefficient (Wildman–Crippen LogP) is 8.84. The Morgan fingerprint density at radius 3 is 2.36 bits per heavy atom. The molecule has 2 N–H and O–H groups in total. The molecule has 1 fully saturated rings. The van der Waals surface area contributed by atoms with Gasteiger partial charge in [-0.05, 0) is 91.6 Å². The van der Waals surface area contributed by atoms with E-state index in [0.29, 0.717) is 19.5 Å². The number of H-pyrrole nitrogens is 2. The zero-order valence-electron chi connectivity index (χ0n) is 32.9. The second kappa shape index (κ2) is 16.7. The third-order valence-corrected chi connectivity index (χ3v) is 11.7. The smallest absolute Gasteiger partial charge is 0.245 e. The number of likely N-dealkylation sites (tertiary alicyclic amines) is 1. The largest absolute Gasteiger partial charge is 0.344 e. The van der Waals surface area contributed by atoms with Crippen molar-refractivity contribution in [1.29, 1.82) is 0 Å². The molecule has 0 bridgehead atoms. The molecule has 8 rings (SSSR count). The Balaban J connectivity index is 1.02. The van der Waals surface area contributed by atoms with Crippen LogP contribution in [0.5, 0.6) is 0 Å². The maximum absolute atomic E-state index is 14.4. The normalized spacial score (nSPS) is 15.8. The lowest BCUT2D eigenvalue weighted by molar-refractivity contribution is -0.138. The minimum absolute atomic E-state index is 0.0685. The average molecular weight is 748 g/mol. The molecule has 3 heterocycles. The van der Waals surface area contributed by atoms with Gasteiger partial charge < -0.3 is 19.8 Å². The Hall–Kier alpha value is -5.54. The molecule has 1 saturated heterocycles. The van der Waals surface area contributed by atoms with Crippen LogP contribution in [0, 0.1) is 0 Å². The van der Waals surface area contributed by atoms with Crippen molar-refractivity contribution in [3.63, 3.8) is 0 Å². The highest BCUT2D eigenvalue weighted by Gasteiger charge is 2.38. The summed E-state index contributed by atoms with van der Waals surface area (Å²) < 4.78 is 0. The Bertz CT molecular complexity index is 2290. The van der Waals surface area contributed by atoms with Gasteiger partial charge in [-0.3, -0.25) is 14.5 Å². The summed E-state index contributed by atoms with van der Waals surface area (Å²) in [6, 6.07) is 32.9. The number of aryl methyl sites for hydroxylation is 2. The van der Waals surface area contributed by atoms with Gasteiger partial charge in [-0.25, -0.2) is 9.97 Å². The molecule has 56 heavy (non-hydrogen) atoms. The van der Waals surface area contributed by atoms with Gasteiger partial charge in [-0.2, -0.15) is 0 Å². The molecule has 1 aliphatic heterocycles. The van der Waals surface area contributed by atoms with Gasteiger partial charge in [-0.1, -0.05) is 106 Å². The number of carbonyl (C=O) groups excluding carboxylic acids is 2. The molecule has 9 nitrogen and oxygen atoms in total. The Morgan fingerprint density at radius 1 is 0.839 bits per heavy atom. The molecule has 2 aromatic heterocycles. The van der Waals surface area contributed by atoms with E-state index in [-0.39, 0.29) is 23.9 Å². The number of imidazole rings is 2. The van der Waals surface area contributed by atoms with E-state index in [1.54, 1.807) is 0 Å². The van der Waals surface area contributed by atoms with Crippen LogP contribution < -0.4 is 0 Å². The van der Waals surface area contributed by atoms with Crippen molar-refractivity contribution in [1.82, 2.24) is 34.6 Å². The van der Waals surface area contributed by atoms with Crippen LogP contribution in [0.2, 0.25) is 0 Å². The highest BCUT2D eigenvalue weighted by molar-refractivity contribution is 5.85. The zero-order valence-corrected chi connectivity index (χ0v) is 32.9. The van der Waals surface area contributed by atoms with Crippen molar-refractivity contribution in [3.8, 4) is 22.4 Å². The van der Waals surface area contributed by atoms with Crippen molar-refractivity contribution >= 4 is 22.8 Å². The molecule has 2 aliphatic rings. The van der Waals surface area contributed by atoms with E-state index >= 15 is 0 Å². The number of hydrogen-bond donors (Lipinski definition) is 2. The quantitative estimate of drug-likeness (QED) is 0.123. The van der Waals surface area contributed by atoms with Crippen LogP contribution in [-0.4, -0.2) is 72.6 Å². The number of fused-ring (bicyclic) bond motifs is 4. The van der Waals surface area contributed by atoms with E-state index in [2.05, 4.69) is 89.1 Å². The summed E-state index contributed by atoms with van der Waals surface area (Å²) in [5.41, 5.74) is 10.9. The Morgan fingerprint density at radius 2 is 1.59 bits per heavy atom. The van der Waals surface area contributed by atoms with E-state index in [1.165, 1.54) is 16.8 Å². The van der Waals surface area contributed by atoms with Gasteiger partial charge in [0, 0.05) is 24.3 Å². The van der Waals surface area contributed by atoms with E-state index < -0.39 is 0 Å². The molecule has 0 saturated carbocycles. The first-order chi connectivity index (χ1) is 27.4. The van der Waals surface area contributed by atoms with Gasteiger partial charge in [0.1, 0.15) is 17.7 Å². The molecule has 4 aromatic carbocycles. The highest BCUT2D eigenvalue weighted by Crippen LogP contribution is 2.39. The van der Waals surface area contributed by atoms with Gasteiger partial charge in [0.2, 0.25) is 11.8 Å². The van der Waals surface area contributed by atoms with Crippen LogP contribution >= 0.6 is 0 Å². The third kappa shape index (κ3) is 7.65. The maximum atomic E-state index is 14.4. The number of aromatic amines is 2. The SMILES string of the molecule is CCCN(Cc1nc2ccc(-c3ccc4c(c3)CCCc3[nH]c([C@@H]5CCCN5C(=O)[C@@H](c5ccccc5)N(CC)CC)nc3-4)cc2[nH]1)C(=O)Cc1ccccc1. The summed E-state index contributed by atoms with van der Waals surface area (Å²) in [4.78, 5) is 51.4. The van der Waals surface area contributed by atoms with E-state index in [4.69, 9.17) is 9.97 Å². The van der Waals surface area contributed by atoms with E-state index in [0.717, 1.165) is 109 Å². The highest BCUT2D eigenvalue weighted by atomic mass is 16.2. The Kier molecular flexibility index (Phi) is 11.1. The number of hydrogen-bond acceptors (Lipinski definition) is 5. The van der Waals surface area contributed by atoms with Gasteiger partial charge >= 0.3 is 0 Å². The van der Waals surface area contributed by atoms with E-state index in [1.807, 2.05) is 53.4 Å². The molecule has 2 atom stereocenters. The summed E-state index contributed by atoms with van der Waals surface area (Å²) in [5, 5.41) is 0. The lowest BCUT2D eigenvalue weighted by atomic mass is 9.96. The number of nitrogens with zero attached hydrogens (tertiary/aromatic N) is 5. The van der Waals surface area contributed by atoms with Gasteiger partial charge in [-0.15, -0.1) is 0 Å². The fourth-order valence-corrected chi connectivity index (χ4v) is 8.81. The van der Waals surface area contributed by atoms with Crippen LogP contribution in [0.25, 0.3) is 33.4 Å². The summed E-state index contributed by atoms with van der Waals surface area (Å²) in [7, 11) is 0. The van der Waals surface area contributed by atoms with Crippen molar-refractivity contribution < 1.29 is 9.59 Å². The van der Waals surface area contributed by atoms with E-state index in [9.17, 15) is 9.59 Å². The summed E-state index contributed by atoms with van der Waals surface area (Å²) in [5.74, 6) is 1.97. The minimum Gasteiger partial charge on any atom is -0.344 e. The Labute approximate surface area is 330 Å². The molecule has 1 aliphatic carbocycles. The molecule has 9 heteroatoms. The first-order valence-corrected chi connectivity index (χ1v) is 20.6. The average Bonchev–Trinajstić information content (AvgIpc) is 3.96. The first-order valence-electron chi connectivity index (χ1n) is 20.6. The molecule has 0 spiro atoms. The second-order valence-corrected chi connectivity index (χ2v) is 15.3. The van der Waals surface area contributed by atoms with Crippen LogP contribution in [0.4, 0.5) is 0 Å². The third-order valence-electron chi connectivity index (χ3n) is 11.7. The molecule has 288 valence electrons. The second-order valence-electron chi connectivity index (χ2n) is 15.3. The van der Waals surface area contributed by atoms with Gasteiger partial charge in [0.15, 0.2) is 0 Å².